The maximum Gasteiger partial charge on any atom is 0.417 e. The summed E-state index contributed by atoms with van der Waals surface area (Å²) >= 11 is 0. The van der Waals surface area contributed by atoms with Gasteiger partial charge in [0.2, 0.25) is 0 Å². The first-order chi connectivity index (χ1) is 9.23. The number of esters is 1. The van der Waals surface area contributed by atoms with E-state index in [1.807, 2.05) is 0 Å². The molecule has 3 nitrogen and oxygen atoms in total. The van der Waals surface area contributed by atoms with Crippen molar-refractivity contribution < 1.29 is 31.5 Å². The minimum absolute atomic E-state index is 0.250. The minimum atomic E-state index is -4.96. The van der Waals surface area contributed by atoms with Crippen LogP contribution >= 0.6 is 0 Å². The molecule has 0 fully saturated rings. The molecule has 0 saturated heterocycles. The predicted molar refractivity (Wildman–Crippen MR) is 57.1 cm³/mol. The van der Waals surface area contributed by atoms with E-state index in [9.17, 15) is 26.7 Å². The summed E-state index contributed by atoms with van der Waals surface area (Å²) in [5.74, 6) is -1.46. The average molecular weight is 293 g/mol. The molecule has 0 aromatic heterocycles. The highest BCUT2D eigenvalue weighted by atomic mass is 19.4. The first-order valence-electron chi connectivity index (χ1n) is 5.33. The Kier molecular flexibility index (Phi) is 4.65. The van der Waals surface area contributed by atoms with Gasteiger partial charge in [0.1, 0.15) is 6.07 Å². The maximum absolute atomic E-state index is 12.8. The molecule has 0 spiro atoms. The van der Waals surface area contributed by atoms with Gasteiger partial charge in [-0.05, 0) is 13.0 Å². The molecular weight excluding hydrogens is 285 g/mol. The Labute approximate surface area is 110 Å². The molecule has 108 valence electrons. The van der Waals surface area contributed by atoms with Crippen molar-refractivity contribution in [1.82, 2.24) is 0 Å². The third kappa shape index (κ3) is 3.04. The molecule has 0 aliphatic carbocycles. The Balaban J connectivity index is 3.66. The van der Waals surface area contributed by atoms with E-state index in [4.69, 9.17) is 5.26 Å². The van der Waals surface area contributed by atoms with E-state index in [2.05, 4.69) is 4.74 Å². The fraction of sp³-hybridized carbons (Fsp3) is 0.333. The third-order valence-corrected chi connectivity index (χ3v) is 2.37. The first kappa shape index (κ1) is 15.9. The van der Waals surface area contributed by atoms with Crippen LogP contribution in [0.2, 0.25) is 0 Å². The molecule has 0 amide bonds. The van der Waals surface area contributed by atoms with Gasteiger partial charge in [-0.1, -0.05) is 6.07 Å². The Morgan fingerprint density at radius 2 is 2.00 bits per heavy atom. The monoisotopic (exact) mass is 293 g/mol. The van der Waals surface area contributed by atoms with Crippen molar-refractivity contribution in [3.05, 3.63) is 34.4 Å². The van der Waals surface area contributed by atoms with Crippen LogP contribution in [0.1, 0.15) is 40.4 Å². The van der Waals surface area contributed by atoms with E-state index in [0.717, 1.165) is 0 Å². The number of ether oxygens (including phenoxy) is 1. The van der Waals surface area contributed by atoms with Crippen LogP contribution < -0.4 is 0 Å². The van der Waals surface area contributed by atoms with Gasteiger partial charge in [0.25, 0.3) is 6.43 Å². The summed E-state index contributed by atoms with van der Waals surface area (Å²) in [5.41, 5.74) is -4.62. The van der Waals surface area contributed by atoms with Crippen molar-refractivity contribution in [1.29, 1.82) is 5.26 Å². The first-order valence-corrected chi connectivity index (χ1v) is 5.33. The molecule has 1 aromatic carbocycles. The van der Waals surface area contributed by atoms with E-state index in [1.54, 1.807) is 0 Å². The van der Waals surface area contributed by atoms with Crippen molar-refractivity contribution in [3.63, 3.8) is 0 Å². The molecule has 0 unspecified atom stereocenters. The normalized spacial score (nSPS) is 11.3. The standard InChI is InChI=1S/C12H8F5NO2/c1-2-20-11(19)9-7(5-18)6(10(13)14)3-4-8(9)12(15,16)17/h3-4,10H,2H2,1H3. The van der Waals surface area contributed by atoms with Crippen LogP contribution in [0.4, 0.5) is 22.0 Å². The van der Waals surface area contributed by atoms with Gasteiger partial charge in [-0.3, -0.25) is 0 Å². The quantitative estimate of drug-likeness (QED) is 0.631. The number of nitrogens with zero attached hydrogens (tertiary/aromatic N) is 1. The smallest absolute Gasteiger partial charge is 0.417 e. The summed E-state index contributed by atoms with van der Waals surface area (Å²) in [6.45, 7) is 1.09. The predicted octanol–water partition coefficient (Wildman–Crippen LogP) is 3.69. The lowest BCUT2D eigenvalue weighted by molar-refractivity contribution is -0.138. The molecule has 0 N–H and O–H groups in total. The average Bonchev–Trinajstić information content (AvgIpc) is 2.35. The van der Waals surface area contributed by atoms with E-state index < -0.39 is 40.8 Å². The number of hydrogen-bond acceptors (Lipinski definition) is 3. The van der Waals surface area contributed by atoms with Gasteiger partial charge in [-0.2, -0.15) is 18.4 Å². The zero-order valence-electron chi connectivity index (χ0n) is 10.1. The van der Waals surface area contributed by atoms with Crippen LogP contribution in [0.15, 0.2) is 12.1 Å². The third-order valence-electron chi connectivity index (χ3n) is 2.37. The van der Waals surface area contributed by atoms with Crippen molar-refractivity contribution in [2.24, 2.45) is 0 Å². The van der Waals surface area contributed by atoms with Crippen LogP contribution in [0.3, 0.4) is 0 Å². The summed E-state index contributed by atoms with van der Waals surface area (Å²) in [5, 5.41) is 8.80. The second-order valence-corrected chi connectivity index (χ2v) is 3.58. The highest BCUT2D eigenvalue weighted by Crippen LogP contribution is 2.37. The number of carbonyl (C=O) groups is 1. The lowest BCUT2D eigenvalue weighted by Crippen LogP contribution is -2.18. The molecule has 0 aliphatic heterocycles. The number of rotatable bonds is 3. The molecule has 0 radical (unpaired) electrons. The topological polar surface area (TPSA) is 50.1 Å². The van der Waals surface area contributed by atoms with Crippen LogP contribution in [0.5, 0.6) is 0 Å². The molecule has 20 heavy (non-hydrogen) atoms. The number of benzene rings is 1. The van der Waals surface area contributed by atoms with E-state index in [1.165, 1.54) is 13.0 Å². The van der Waals surface area contributed by atoms with Crippen LogP contribution in [-0.4, -0.2) is 12.6 Å². The fourth-order valence-electron chi connectivity index (χ4n) is 1.57. The molecule has 0 heterocycles. The van der Waals surface area contributed by atoms with Crippen molar-refractivity contribution >= 4 is 5.97 Å². The maximum atomic E-state index is 12.8. The molecule has 0 atom stereocenters. The van der Waals surface area contributed by atoms with Gasteiger partial charge in [-0.15, -0.1) is 0 Å². The summed E-state index contributed by atoms with van der Waals surface area (Å²) in [6.07, 6.45) is -8.14. The van der Waals surface area contributed by atoms with Gasteiger partial charge < -0.3 is 4.74 Å². The molecule has 1 aromatic rings. The minimum Gasteiger partial charge on any atom is -0.462 e. The lowest BCUT2D eigenvalue weighted by Gasteiger charge is -2.15. The number of halogens is 5. The zero-order valence-corrected chi connectivity index (χ0v) is 10.1. The van der Waals surface area contributed by atoms with E-state index in [-0.39, 0.29) is 6.61 Å². The van der Waals surface area contributed by atoms with Gasteiger partial charge in [0, 0.05) is 5.56 Å². The summed E-state index contributed by atoms with van der Waals surface area (Å²) in [7, 11) is 0. The summed E-state index contributed by atoms with van der Waals surface area (Å²) in [4.78, 5) is 11.5. The van der Waals surface area contributed by atoms with Crippen molar-refractivity contribution in [2.45, 2.75) is 19.5 Å². The molecule has 0 saturated carbocycles. The van der Waals surface area contributed by atoms with Crippen LogP contribution in [0, 0.1) is 11.3 Å². The van der Waals surface area contributed by atoms with Gasteiger partial charge >= 0.3 is 12.1 Å². The van der Waals surface area contributed by atoms with Crippen molar-refractivity contribution in [3.8, 4) is 6.07 Å². The van der Waals surface area contributed by atoms with Gasteiger partial charge in [0.05, 0.1) is 23.3 Å². The summed E-state index contributed by atoms with van der Waals surface area (Å²) < 4.78 is 68.2. The fourth-order valence-corrected chi connectivity index (χ4v) is 1.57. The SMILES string of the molecule is CCOC(=O)c1c(C(F)(F)F)ccc(C(F)F)c1C#N. The molecule has 8 heteroatoms. The molecule has 0 bridgehead atoms. The second kappa shape index (κ2) is 5.86. The number of hydrogen-bond donors (Lipinski definition) is 0. The van der Waals surface area contributed by atoms with Gasteiger partial charge in [-0.25, -0.2) is 13.6 Å². The highest BCUT2D eigenvalue weighted by molar-refractivity contribution is 5.94. The molecule has 0 aliphatic rings. The highest BCUT2D eigenvalue weighted by Gasteiger charge is 2.38. The Hall–Kier alpha value is -2.17. The Morgan fingerprint density at radius 3 is 2.40 bits per heavy atom. The van der Waals surface area contributed by atoms with E-state index >= 15 is 0 Å². The Morgan fingerprint density at radius 1 is 1.40 bits per heavy atom. The van der Waals surface area contributed by atoms with Crippen molar-refractivity contribution in [2.75, 3.05) is 6.61 Å². The Bertz CT molecular complexity index is 560. The number of alkyl halides is 5. The van der Waals surface area contributed by atoms with E-state index in [0.29, 0.717) is 12.1 Å². The lowest BCUT2D eigenvalue weighted by atomic mass is 9.96. The summed E-state index contributed by atoms with van der Waals surface area (Å²) in [6, 6.07) is 2.04. The van der Waals surface area contributed by atoms with Crippen LogP contribution in [-0.2, 0) is 10.9 Å². The molecular formula is C12H8F5NO2. The zero-order chi connectivity index (χ0) is 15.5. The van der Waals surface area contributed by atoms with Gasteiger partial charge in [0.15, 0.2) is 0 Å². The second-order valence-electron chi connectivity index (χ2n) is 3.58. The number of nitriles is 1. The molecule has 1 rings (SSSR count). The largest absolute Gasteiger partial charge is 0.462 e. The number of carbonyl (C=O) groups excluding carboxylic acids is 1. The van der Waals surface area contributed by atoms with Crippen LogP contribution in [0.25, 0.3) is 0 Å².